The maximum Gasteiger partial charge on any atom is 0.323 e. The molecule has 4 heteroatoms. The summed E-state index contributed by atoms with van der Waals surface area (Å²) in [6.07, 6.45) is 1.97. The van der Waals surface area contributed by atoms with E-state index in [1.54, 1.807) is 11.3 Å². The summed E-state index contributed by atoms with van der Waals surface area (Å²) in [4.78, 5) is 14.9. The van der Waals surface area contributed by atoms with E-state index in [-0.39, 0.29) is 12.0 Å². The highest BCUT2D eigenvalue weighted by atomic mass is 32.1. The number of rotatable bonds is 4. The van der Waals surface area contributed by atoms with Crippen LogP contribution in [-0.2, 0) is 16.0 Å². The normalized spacial score (nSPS) is 21.0. The van der Waals surface area contributed by atoms with Gasteiger partial charge < -0.3 is 4.74 Å². The molecule has 0 N–H and O–H groups in total. The maximum absolute atomic E-state index is 11.3. The number of esters is 1. The minimum absolute atomic E-state index is 0.00922. The number of carbonyl (C=O) groups excluding carboxylic acids is 1. The van der Waals surface area contributed by atoms with E-state index < -0.39 is 0 Å². The van der Waals surface area contributed by atoms with Gasteiger partial charge in [-0.3, -0.25) is 9.69 Å². The highest BCUT2D eigenvalue weighted by molar-refractivity contribution is 7.09. The molecule has 0 amide bonds. The second-order valence-electron chi connectivity index (χ2n) is 3.69. The Morgan fingerprint density at radius 3 is 3.13 bits per heavy atom. The van der Waals surface area contributed by atoms with Gasteiger partial charge in [-0.15, -0.1) is 11.3 Å². The molecule has 15 heavy (non-hydrogen) atoms. The Labute approximate surface area is 93.7 Å². The fourth-order valence-electron chi connectivity index (χ4n) is 1.82. The first-order valence-corrected chi connectivity index (χ1v) is 6.03. The van der Waals surface area contributed by atoms with E-state index in [9.17, 15) is 4.79 Å². The lowest BCUT2D eigenvalue weighted by atomic mass is 10.0. The van der Waals surface area contributed by atoms with Gasteiger partial charge in [-0.2, -0.15) is 0 Å². The zero-order chi connectivity index (χ0) is 10.7. The van der Waals surface area contributed by atoms with Gasteiger partial charge in [0.05, 0.1) is 7.11 Å². The Balaban J connectivity index is 1.78. The van der Waals surface area contributed by atoms with Crippen molar-refractivity contribution in [2.45, 2.75) is 18.9 Å². The highest BCUT2D eigenvalue weighted by Gasteiger charge is 2.34. The Hall–Kier alpha value is -0.870. The summed E-state index contributed by atoms with van der Waals surface area (Å²) in [6, 6.07) is 4.21. The summed E-state index contributed by atoms with van der Waals surface area (Å²) in [6.45, 7) is 1.98. The third-order valence-corrected chi connectivity index (χ3v) is 3.77. The van der Waals surface area contributed by atoms with Crippen LogP contribution >= 0.6 is 11.3 Å². The van der Waals surface area contributed by atoms with Crippen LogP contribution in [0.1, 0.15) is 11.3 Å². The first-order valence-electron chi connectivity index (χ1n) is 5.15. The zero-order valence-electron chi connectivity index (χ0n) is 8.81. The van der Waals surface area contributed by atoms with E-state index in [1.807, 2.05) is 0 Å². The van der Waals surface area contributed by atoms with Gasteiger partial charge in [-0.1, -0.05) is 6.07 Å². The first-order chi connectivity index (χ1) is 7.31. The fraction of sp³-hybridized carbons (Fsp3) is 0.545. The third-order valence-electron chi connectivity index (χ3n) is 2.83. The molecule has 1 aliphatic heterocycles. The van der Waals surface area contributed by atoms with Gasteiger partial charge in [0.25, 0.3) is 0 Å². The van der Waals surface area contributed by atoms with Crippen molar-refractivity contribution in [1.29, 1.82) is 0 Å². The number of hydrogen-bond donors (Lipinski definition) is 0. The largest absolute Gasteiger partial charge is 0.468 e. The van der Waals surface area contributed by atoms with Crippen molar-refractivity contribution in [3.05, 3.63) is 22.4 Å². The molecule has 0 spiro atoms. The Morgan fingerprint density at radius 1 is 1.73 bits per heavy atom. The smallest absolute Gasteiger partial charge is 0.323 e. The Morgan fingerprint density at radius 2 is 2.60 bits per heavy atom. The van der Waals surface area contributed by atoms with Crippen LogP contribution < -0.4 is 0 Å². The number of methoxy groups -OCH3 is 1. The van der Waals surface area contributed by atoms with Crippen LogP contribution in [0.4, 0.5) is 0 Å². The molecular formula is C11H15NO2S. The number of thiophene rings is 1. The lowest BCUT2D eigenvalue weighted by Crippen LogP contribution is -2.53. The van der Waals surface area contributed by atoms with Gasteiger partial charge in [-0.25, -0.2) is 0 Å². The molecule has 2 rings (SSSR count). The summed E-state index contributed by atoms with van der Waals surface area (Å²) in [5.41, 5.74) is 0. The van der Waals surface area contributed by atoms with Crippen LogP contribution in [0.3, 0.4) is 0 Å². The summed E-state index contributed by atoms with van der Waals surface area (Å²) < 4.78 is 4.74. The minimum Gasteiger partial charge on any atom is -0.468 e. The fourth-order valence-corrected chi connectivity index (χ4v) is 2.52. The molecule has 0 bridgehead atoms. The first kappa shape index (κ1) is 10.6. The quantitative estimate of drug-likeness (QED) is 0.728. The summed E-state index contributed by atoms with van der Waals surface area (Å²) >= 11 is 1.77. The van der Waals surface area contributed by atoms with E-state index in [0.717, 1.165) is 25.9 Å². The van der Waals surface area contributed by atoms with Crippen molar-refractivity contribution >= 4 is 17.3 Å². The molecular weight excluding hydrogens is 210 g/mol. The predicted octanol–water partition coefficient (Wildman–Crippen LogP) is 1.54. The van der Waals surface area contributed by atoms with Crippen molar-refractivity contribution in [3.63, 3.8) is 0 Å². The lowest BCUT2D eigenvalue weighted by molar-refractivity contribution is -0.151. The lowest BCUT2D eigenvalue weighted by Gasteiger charge is -2.38. The number of carbonyl (C=O) groups is 1. The highest BCUT2D eigenvalue weighted by Crippen LogP contribution is 2.19. The van der Waals surface area contributed by atoms with Crippen molar-refractivity contribution in [3.8, 4) is 0 Å². The number of ether oxygens (including phenoxy) is 1. The van der Waals surface area contributed by atoms with Crippen molar-refractivity contribution < 1.29 is 9.53 Å². The third kappa shape index (κ3) is 2.38. The zero-order valence-corrected chi connectivity index (χ0v) is 9.63. The molecule has 1 aromatic heterocycles. The van der Waals surface area contributed by atoms with Gasteiger partial charge >= 0.3 is 5.97 Å². The topological polar surface area (TPSA) is 29.5 Å². The van der Waals surface area contributed by atoms with Crippen molar-refractivity contribution in [2.24, 2.45) is 0 Å². The molecule has 3 nitrogen and oxygen atoms in total. The van der Waals surface area contributed by atoms with Gasteiger partial charge in [-0.05, 0) is 24.3 Å². The minimum atomic E-state index is -0.0903. The van der Waals surface area contributed by atoms with Crippen LogP contribution in [-0.4, -0.2) is 37.1 Å². The van der Waals surface area contributed by atoms with E-state index in [0.29, 0.717) is 0 Å². The predicted molar refractivity (Wildman–Crippen MR) is 60.0 cm³/mol. The van der Waals surface area contributed by atoms with Gasteiger partial charge in [0, 0.05) is 18.0 Å². The van der Waals surface area contributed by atoms with E-state index in [4.69, 9.17) is 4.74 Å². The average molecular weight is 225 g/mol. The Kier molecular flexibility index (Phi) is 3.38. The number of likely N-dealkylation sites (tertiary alicyclic amines) is 1. The molecule has 1 atom stereocenters. The summed E-state index contributed by atoms with van der Waals surface area (Å²) in [5, 5.41) is 2.09. The second-order valence-corrected chi connectivity index (χ2v) is 4.73. The standard InChI is InChI=1S/C11H15NO2S/c1-14-11(13)10-5-7-12(10)6-4-9-3-2-8-15-9/h2-3,8,10H,4-7H2,1H3. The molecule has 1 fully saturated rings. The molecule has 1 aromatic rings. The Bertz CT molecular complexity index is 323. The van der Waals surface area contributed by atoms with E-state index in [2.05, 4.69) is 22.4 Å². The number of nitrogens with zero attached hydrogens (tertiary/aromatic N) is 1. The van der Waals surface area contributed by atoms with E-state index in [1.165, 1.54) is 12.0 Å². The summed E-state index contributed by atoms with van der Waals surface area (Å²) in [7, 11) is 1.46. The number of hydrogen-bond acceptors (Lipinski definition) is 4. The second kappa shape index (κ2) is 4.77. The van der Waals surface area contributed by atoms with Gasteiger partial charge in [0.15, 0.2) is 0 Å². The maximum atomic E-state index is 11.3. The molecule has 1 unspecified atom stereocenters. The molecule has 1 aliphatic rings. The van der Waals surface area contributed by atoms with Crippen LogP contribution in [0.25, 0.3) is 0 Å². The summed E-state index contributed by atoms with van der Waals surface area (Å²) in [5.74, 6) is -0.0903. The van der Waals surface area contributed by atoms with Crippen LogP contribution in [0.15, 0.2) is 17.5 Å². The van der Waals surface area contributed by atoms with Crippen molar-refractivity contribution in [2.75, 3.05) is 20.2 Å². The average Bonchev–Trinajstić information content (AvgIpc) is 2.69. The molecule has 1 saturated heterocycles. The van der Waals surface area contributed by atoms with Gasteiger partial charge in [0.1, 0.15) is 6.04 Å². The van der Waals surface area contributed by atoms with Crippen LogP contribution in [0.5, 0.6) is 0 Å². The van der Waals surface area contributed by atoms with Crippen LogP contribution in [0, 0.1) is 0 Å². The van der Waals surface area contributed by atoms with Gasteiger partial charge in [0.2, 0.25) is 0 Å². The molecule has 0 aliphatic carbocycles. The molecule has 0 radical (unpaired) electrons. The van der Waals surface area contributed by atoms with Crippen molar-refractivity contribution in [1.82, 2.24) is 4.90 Å². The van der Waals surface area contributed by atoms with Crippen LogP contribution in [0.2, 0.25) is 0 Å². The molecule has 82 valence electrons. The molecule has 0 saturated carbocycles. The van der Waals surface area contributed by atoms with E-state index >= 15 is 0 Å². The SMILES string of the molecule is COC(=O)C1CCN1CCc1cccs1. The molecule has 0 aromatic carbocycles. The monoisotopic (exact) mass is 225 g/mol. The molecule has 2 heterocycles.